The molecule has 2 aromatic heterocycles. The van der Waals surface area contributed by atoms with Crippen molar-refractivity contribution in [1.29, 1.82) is 5.26 Å². The van der Waals surface area contributed by atoms with Crippen LogP contribution in [0, 0.1) is 11.3 Å². The number of carbonyl (C=O) groups excluding carboxylic acids is 1. The van der Waals surface area contributed by atoms with Gasteiger partial charge in [0.1, 0.15) is 23.3 Å². The van der Waals surface area contributed by atoms with Crippen molar-refractivity contribution in [3.05, 3.63) is 77.3 Å². The van der Waals surface area contributed by atoms with Crippen LogP contribution >= 0.6 is 11.3 Å². The Morgan fingerprint density at radius 2 is 1.90 bits per heavy atom. The van der Waals surface area contributed by atoms with Gasteiger partial charge in [0.05, 0.1) is 11.0 Å². The van der Waals surface area contributed by atoms with Gasteiger partial charge < -0.3 is 14.8 Å². The van der Waals surface area contributed by atoms with Crippen LogP contribution in [0.15, 0.2) is 65.7 Å². The average Bonchev–Trinajstić information content (AvgIpc) is 3.40. The number of aliphatic hydroxyl groups is 1. The maximum absolute atomic E-state index is 12.3. The molecule has 0 saturated heterocycles. The summed E-state index contributed by atoms with van der Waals surface area (Å²) in [5, 5.41) is 22.0. The van der Waals surface area contributed by atoms with Gasteiger partial charge >= 0.3 is 5.97 Å². The molecule has 8 heteroatoms. The van der Waals surface area contributed by atoms with E-state index in [9.17, 15) is 15.2 Å². The molecule has 0 amide bonds. The summed E-state index contributed by atoms with van der Waals surface area (Å²) in [5.74, 6) is -0.863. The molecule has 7 nitrogen and oxygen atoms in total. The summed E-state index contributed by atoms with van der Waals surface area (Å²) >= 11 is 1.32. The van der Waals surface area contributed by atoms with Crippen molar-refractivity contribution >= 4 is 33.9 Å². The Bertz CT molecular complexity index is 1220. The first-order chi connectivity index (χ1) is 14.2. The van der Waals surface area contributed by atoms with Crippen LogP contribution in [0.3, 0.4) is 0 Å². The van der Waals surface area contributed by atoms with Crippen molar-refractivity contribution < 1.29 is 14.6 Å². The lowest BCUT2D eigenvalue weighted by molar-refractivity contribution is 0.0497. The maximum atomic E-state index is 12.3. The van der Waals surface area contributed by atoms with Crippen LogP contribution in [0.4, 0.5) is 0 Å². The molecule has 2 aromatic carbocycles. The van der Waals surface area contributed by atoms with Crippen molar-refractivity contribution in [1.82, 2.24) is 15.0 Å². The Hall–Kier alpha value is -3.96. The number of hydrogen-bond acceptors (Lipinski definition) is 7. The van der Waals surface area contributed by atoms with E-state index in [1.165, 1.54) is 11.3 Å². The number of carbonyl (C=O) groups is 1. The number of fused-ring (bicyclic) bond motifs is 1. The van der Waals surface area contributed by atoms with E-state index in [1.54, 1.807) is 11.4 Å². The fourth-order valence-corrected chi connectivity index (χ4v) is 3.48. The van der Waals surface area contributed by atoms with E-state index in [1.807, 2.05) is 54.6 Å². The molecule has 2 N–H and O–H groups in total. The lowest BCUT2D eigenvalue weighted by atomic mass is 10.2. The molecule has 0 spiro atoms. The summed E-state index contributed by atoms with van der Waals surface area (Å²) in [6.07, 6.45) is 0. The number of nitrogens with zero attached hydrogens (tertiary/aromatic N) is 3. The molecule has 29 heavy (non-hydrogen) atoms. The Kier molecular flexibility index (Phi) is 5.05. The highest BCUT2D eigenvalue weighted by atomic mass is 32.1. The first-order valence-corrected chi connectivity index (χ1v) is 9.49. The number of aromatic amines is 1. The van der Waals surface area contributed by atoms with Crippen LogP contribution in [-0.4, -0.2) is 32.6 Å². The highest BCUT2D eigenvalue weighted by Crippen LogP contribution is 2.24. The van der Waals surface area contributed by atoms with Crippen LogP contribution in [0.2, 0.25) is 0 Å². The number of imidazole rings is 1. The van der Waals surface area contributed by atoms with Crippen LogP contribution in [0.25, 0.3) is 27.2 Å². The van der Waals surface area contributed by atoms with Gasteiger partial charge in [-0.15, -0.1) is 11.3 Å². The summed E-state index contributed by atoms with van der Waals surface area (Å²) in [6.45, 7) is -0.461. The van der Waals surface area contributed by atoms with Crippen molar-refractivity contribution in [2.45, 2.75) is 0 Å². The first kappa shape index (κ1) is 18.4. The van der Waals surface area contributed by atoms with Gasteiger partial charge in [-0.3, -0.25) is 0 Å². The molecule has 0 fully saturated rings. The zero-order valence-electron chi connectivity index (χ0n) is 15.0. The van der Waals surface area contributed by atoms with Gasteiger partial charge in [-0.2, -0.15) is 5.26 Å². The molecule has 2 heterocycles. The fourth-order valence-electron chi connectivity index (χ4n) is 2.69. The van der Waals surface area contributed by atoms with E-state index in [2.05, 4.69) is 15.0 Å². The first-order valence-electron chi connectivity index (χ1n) is 8.61. The quantitative estimate of drug-likeness (QED) is 0.292. The van der Waals surface area contributed by atoms with Crippen molar-refractivity contribution in [3.63, 3.8) is 0 Å². The lowest BCUT2D eigenvalue weighted by Gasteiger charge is -2.04. The van der Waals surface area contributed by atoms with Gasteiger partial charge in [-0.25, -0.2) is 14.8 Å². The van der Waals surface area contributed by atoms with Crippen LogP contribution in [0.1, 0.15) is 16.3 Å². The molecule has 0 bridgehead atoms. The van der Waals surface area contributed by atoms with Gasteiger partial charge in [0.25, 0.3) is 0 Å². The number of nitriles is 1. The number of rotatable bonds is 5. The van der Waals surface area contributed by atoms with Crippen LogP contribution < -0.4 is 0 Å². The molecule has 0 unspecified atom stereocenters. The van der Waals surface area contributed by atoms with Crippen molar-refractivity contribution in [2.75, 3.05) is 6.61 Å². The SMILES string of the molecule is N#C/C(=C(/O)COC(=O)c1csc(-c2ccccc2)n1)c1nc2ccccc2[nH]1. The molecule has 142 valence electrons. The predicted molar refractivity (Wildman–Crippen MR) is 109 cm³/mol. The summed E-state index contributed by atoms with van der Waals surface area (Å²) in [6, 6.07) is 18.6. The zero-order valence-corrected chi connectivity index (χ0v) is 15.8. The number of ether oxygens (including phenoxy) is 1. The number of aromatic nitrogens is 3. The summed E-state index contributed by atoms with van der Waals surface area (Å²) in [7, 11) is 0. The standard InChI is InChI=1S/C21H14N4O3S/c22-10-14(19-23-15-8-4-5-9-16(15)24-19)18(26)11-28-21(27)17-12-29-20(25-17)13-6-2-1-3-7-13/h1-9,12,26H,11H2,(H,23,24)/b18-14-. The largest absolute Gasteiger partial charge is 0.507 e. The van der Waals surface area contributed by atoms with E-state index in [4.69, 9.17) is 4.74 Å². The molecule has 0 aliphatic carbocycles. The number of aliphatic hydroxyl groups excluding tert-OH is 1. The van der Waals surface area contributed by atoms with Gasteiger partial charge in [0, 0.05) is 10.9 Å². The summed E-state index contributed by atoms with van der Waals surface area (Å²) in [4.78, 5) is 23.8. The van der Waals surface area contributed by atoms with E-state index < -0.39 is 18.3 Å². The van der Waals surface area contributed by atoms with E-state index in [0.717, 1.165) is 11.1 Å². The highest BCUT2D eigenvalue weighted by Gasteiger charge is 2.17. The second-order valence-corrected chi connectivity index (χ2v) is 6.87. The molecule has 0 aliphatic heterocycles. The van der Waals surface area contributed by atoms with Crippen LogP contribution in [0.5, 0.6) is 0 Å². The Labute approximate surface area is 169 Å². The molecular weight excluding hydrogens is 388 g/mol. The number of esters is 1. The minimum atomic E-state index is -0.683. The number of benzene rings is 2. The molecule has 0 saturated carbocycles. The average molecular weight is 402 g/mol. The Morgan fingerprint density at radius 1 is 1.14 bits per heavy atom. The number of thiazole rings is 1. The topological polar surface area (TPSA) is 112 Å². The second kappa shape index (κ2) is 7.96. The van der Waals surface area contributed by atoms with E-state index >= 15 is 0 Å². The molecule has 0 atom stereocenters. The number of para-hydroxylation sites is 2. The minimum Gasteiger partial charge on any atom is -0.507 e. The summed E-state index contributed by atoms with van der Waals surface area (Å²) < 4.78 is 5.12. The third kappa shape index (κ3) is 3.85. The fraction of sp³-hybridized carbons (Fsp3) is 0.0476. The number of allylic oxidation sites excluding steroid dienone is 1. The van der Waals surface area contributed by atoms with Gasteiger partial charge in [0.15, 0.2) is 17.3 Å². The monoisotopic (exact) mass is 402 g/mol. The zero-order chi connectivity index (χ0) is 20.2. The van der Waals surface area contributed by atoms with Crippen molar-refractivity contribution in [3.8, 4) is 16.6 Å². The molecule has 4 rings (SSSR count). The van der Waals surface area contributed by atoms with E-state index in [-0.39, 0.29) is 17.1 Å². The van der Waals surface area contributed by atoms with Gasteiger partial charge in [-0.05, 0) is 12.1 Å². The third-order valence-corrected chi connectivity index (χ3v) is 4.99. The smallest absolute Gasteiger partial charge is 0.358 e. The lowest BCUT2D eigenvalue weighted by Crippen LogP contribution is -2.09. The van der Waals surface area contributed by atoms with Gasteiger partial charge in [-0.1, -0.05) is 42.5 Å². The number of H-pyrrole nitrogens is 1. The van der Waals surface area contributed by atoms with Crippen molar-refractivity contribution in [2.24, 2.45) is 0 Å². The summed E-state index contributed by atoms with van der Waals surface area (Å²) in [5.41, 5.74) is 2.35. The minimum absolute atomic E-state index is 0.0859. The van der Waals surface area contributed by atoms with E-state index in [0.29, 0.717) is 10.5 Å². The second-order valence-electron chi connectivity index (χ2n) is 6.02. The molecule has 4 aromatic rings. The maximum Gasteiger partial charge on any atom is 0.358 e. The highest BCUT2D eigenvalue weighted by molar-refractivity contribution is 7.13. The number of hydrogen-bond donors (Lipinski definition) is 2. The predicted octanol–water partition coefficient (Wildman–Crippen LogP) is 4.34. The molecule has 0 radical (unpaired) electrons. The number of nitrogens with one attached hydrogen (secondary N) is 1. The molecular formula is C21H14N4O3S. The van der Waals surface area contributed by atoms with Gasteiger partial charge in [0.2, 0.25) is 0 Å². The Morgan fingerprint density at radius 3 is 2.66 bits per heavy atom. The van der Waals surface area contributed by atoms with Crippen LogP contribution in [-0.2, 0) is 4.74 Å². The Balaban J connectivity index is 1.49. The third-order valence-electron chi connectivity index (χ3n) is 4.10. The molecule has 0 aliphatic rings. The normalized spacial score (nSPS) is 11.7.